The Morgan fingerprint density at radius 2 is 2.00 bits per heavy atom. The third-order valence-electron chi connectivity index (χ3n) is 0.909. The molecule has 0 aromatic carbocycles. The maximum absolute atomic E-state index is 10.5. The molecule has 9 heavy (non-hydrogen) atoms. The molecule has 1 radical (unpaired) electrons. The van der Waals surface area contributed by atoms with Gasteiger partial charge in [-0.15, -0.1) is 0 Å². The van der Waals surface area contributed by atoms with Gasteiger partial charge in [0.05, 0.1) is 11.8 Å². The van der Waals surface area contributed by atoms with Crippen LogP contribution < -0.4 is 5.73 Å². The Morgan fingerprint density at radius 1 is 1.33 bits per heavy atom. The van der Waals surface area contributed by atoms with Crippen LogP contribution in [0.5, 0.6) is 0 Å². The van der Waals surface area contributed by atoms with Gasteiger partial charge in [-0.3, -0.25) is 9.59 Å². The number of hydrogen-bond acceptors (Lipinski definition) is 3. The van der Waals surface area contributed by atoms with Crippen LogP contribution >= 0.6 is 0 Å². The van der Waals surface area contributed by atoms with Crippen molar-refractivity contribution in [2.45, 2.75) is 0 Å². The first-order valence-electron chi connectivity index (χ1n) is 2.36. The highest BCUT2D eigenvalue weighted by molar-refractivity contribution is 6.14. The van der Waals surface area contributed by atoms with E-state index in [4.69, 9.17) is 5.73 Å². The molecule has 0 heterocycles. The topological polar surface area (TPSA) is 60.2 Å². The van der Waals surface area contributed by atoms with Crippen molar-refractivity contribution in [2.75, 3.05) is 0 Å². The fourth-order valence-corrected chi connectivity index (χ4v) is 0.477. The van der Waals surface area contributed by atoms with Crippen molar-refractivity contribution in [3.63, 3.8) is 0 Å². The molecule has 0 aromatic heterocycles. The summed E-state index contributed by atoms with van der Waals surface area (Å²) in [4.78, 5) is 20.8. The summed E-state index contributed by atoms with van der Waals surface area (Å²) in [6.45, 7) is 0. The van der Waals surface area contributed by atoms with E-state index in [0.29, 0.717) is 0 Å². The molecule has 1 aliphatic carbocycles. The lowest BCUT2D eigenvalue weighted by molar-refractivity contribution is -0.115. The third-order valence-corrected chi connectivity index (χ3v) is 0.909. The molecule has 0 atom stereocenters. The first-order valence-corrected chi connectivity index (χ1v) is 2.36. The van der Waals surface area contributed by atoms with Gasteiger partial charge in [-0.05, 0) is 12.2 Å². The van der Waals surface area contributed by atoms with Crippen LogP contribution in [0.2, 0.25) is 0 Å². The highest BCUT2D eigenvalue weighted by atomic mass is 16.1. The summed E-state index contributed by atoms with van der Waals surface area (Å²) in [6.07, 6.45) is 4.42. The monoisotopic (exact) mass is 122 g/mol. The predicted molar refractivity (Wildman–Crippen MR) is 30.1 cm³/mol. The van der Waals surface area contributed by atoms with Crippen LogP contribution in [0.25, 0.3) is 0 Å². The molecule has 1 rings (SSSR count). The second-order valence-electron chi connectivity index (χ2n) is 1.60. The number of ketones is 2. The summed E-state index contributed by atoms with van der Waals surface area (Å²) in [5.41, 5.74) is 4.94. The van der Waals surface area contributed by atoms with E-state index >= 15 is 0 Å². The number of carbonyl (C=O) groups is 2. The van der Waals surface area contributed by atoms with Crippen molar-refractivity contribution in [1.82, 2.24) is 0 Å². The van der Waals surface area contributed by atoms with E-state index < -0.39 is 0 Å². The van der Waals surface area contributed by atoms with E-state index in [0.717, 1.165) is 12.2 Å². The van der Waals surface area contributed by atoms with Gasteiger partial charge in [0.25, 0.3) is 0 Å². The normalized spacial score (nSPS) is 18.0. The summed E-state index contributed by atoms with van der Waals surface area (Å²) in [7, 11) is 0. The van der Waals surface area contributed by atoms with E-state index in [1.54, 1.807) is 0 Å². The van der Waals surface area contributed by atoms with Crippen molar-refractivity contribution in [3.05, 3.63) is 23.9 Å². The number of hydrogen-bond donors (Lipinski definition) is 1. The molecule has 2 N–H and O–H groups in total. The van der Waals surface area contributed by atoms with Crippen LogP contribution in [0.4, 0.5) is 0 Å². The van der Waals surface area contributed by atoms with E-state index in [1.165, 1.54) is 0 Å². The van der Waals surface area contributed by atoms with Crippen molar-refractivity contribution in [2.24, 2.45) is 5.73 Å². The molecule has 0 aliphatic heterocycles. The Labute approximate surface area is 51.8 Å². The smallest absolute Gasteiger partial charge is 0.202 e. The quantitative estimate of drug-likeness (QED) is 0.434. The molecule has 0 saturated heterocycles. The lowest BCUT2D eigenvalue weighted by Gasteiger charge is -1.96. The zero-order valence-electron chi connectivity index (χ0n) is 4.55. The molecule has 0 saturated carbocycles. The standard InChI is InChI=1S/C6H4NO2/c7-5-3-4(8)1-2-6(5)9/h1-2H,7H2. The molecular formula is C6H4NO2. The zero-order chi connectivity index (χ0) is 6.85. The Morgan fingerprint density at radius 3 is 2.44 bits per heavy atom. The largest absolute Gasteiger partial charge is 0.395 e. The highest BCUT2D eigenvalue weighted by Crippen LogP contribution is 1.96. The van der Waals surface area contributed by atoms with Crippen molar-refractivity contribution >= 4 is 11.6 Å². The fourth-order valence-electron chi connectivity index (χ4n) is 0.477. The van der Waals surface area contributed by atoms with Crippen LogP contribution in [0.15, 0.2) is 17.8 Å². The highest BCUT2D eigenvalue weighted by Gasteiger charge is 2.08. The summed E-state index contributed by atoms with van der Waals surface area (Å²) in [5, 5.41) is 0. The van der Waals surface area contributed by atoms with Gasteiger partial charge in [0, 0.05) is 0 Å². The molecule has 0 amide bonds. The molecular weight excluding hydrogens is 118 g/mol. The molecule has 0 bridgehead atoms. The van der Waals surface area contributed by atoms with Gasteiger partial charge >= 0.3 is 0 Å². The minimum Gasteiger partial charge on any atom is -0.395 e. The second-order valence-corrected chi connectivity index (χ2v) is 1.60. The van der Waals surface area contributed by atoms with E-state index in [-0.39, 0.29) is 17.3 Å². The number of rotatable bonds is 0. The van der Waals surface area contributed by atoms with Crippen LogP contribution in [-0.2, 0) is 9.59 Å². The maximum Gasteiger partial charge on any atom is 0.202 e. The molecule has 45 valence electrons. The number of carbonyl (C=O) groups excluding carboxylic acids is 2. The molecule has 3 heteroatoms. The average Bonchev–Trinajstić information content (AvgIpc) is 1.80. The molecule has 0 unspecified atom stereocenters. The van der Waals surface area contributed by atoms with Crippen LogP contribution in [-0.4, -0.2) is 11.6 Å². The lowest BCUT2D eigenvalue weighted by Crippen LogP contribution is -2.14. The van der Waals surface area contributed by atoms with Crippen molar-refractivity contribution in [1.29, 1.82) is 0 Å². The molecule has 3 nitrogen and oxygen atoms in total. The Bertz CT molecular complexity index is 225. The Hall–Kier alpha value is -1.38. The van der Waals surface area contributed by atoms with E-state index in [9.17, 15) is 9.59 Å². The zero-order valence-corrected chi connectivity index (χ0v) is 4.55. The Balaban J connectivity index is 2.95. The SMILES string of the molecule is NC1=[C]C(=O)C=CC1=O. The summed E-state index contributed by atoms with van der Waals surface area (Å²) >= 11 is 0. The molecule has 1 aliphatic rings. The fraction of sp³-hybridized carbons (Fsp3) is 0. The predicted octanol–water partition coefficient (Wildman–Crippen LogP) is -0.660. The lowest BCUT2D eigenvalue weighted by atomic mass is 10.1. The minimum atomic E-state index is -0.355. The van der Waals surface area contributed by atoms with Crippen molar-refractivity contribution in [3.8, 4) is 0 Å². The van der Waals surface area contributed by atoms with Gasteiger partial charge < -0.3 is 5.73 Å². The summed E-state index contributed by atoms with van der Waals surface area (Å²) < 4.78 is 0. The molecule has 0 fully saturated rings. The van der Waals surface area contributed by atoms with Gasteiger partial charge in [-0.1, -0.05) is 0 Å². The van der Waals surface area contributed by atoms with Gasteiger partial charge in [0.1, 0.15) is 0 Å². The van der Waals surface area contributed by atoms with Gasteiger partial charge in [-0.2, -0.15) is 0 Å². The van der Waals surface area contributed by atoms with E-state index in [2.05, 4.69) is 6.08 Å². The van der Waals surface area contributed by atoms with Crippen molar-refractivity contribution < 1.29 is 9.59 Å². The maximum atomic E-state index is 10.5. The van der Waals surface area contributed by atoms with Gasteiger partial charge in [-0.25, -0.2) is 0 Å². The van der Waals surface area contributed by atoms with Gasteiger partial charge in [0.2, 0.25) is 5.78 Å². The van der Waals surface area contributed by atoms with Gasteiger partial charge in [0.15, 0.2) is 5.78 Å². The Kier molecular flexibility index (Phi) is 1.18. The van der Waals surface area contributed by atoms with Crippen LogP contribution in [0.3, 0.4) is 0 Å². The van der Waals surface area contributed by atoms with E-state index in [1.807, 2.05) is 0 Å². The van der Waals surface area contributed by atoms with Crippen LogP contribution in [0.1, 0.15) is 0 Å². The molecule has 0 aromatic rings. The average molecular weight is 122 g/mol. The second kappa shape index (κ2) is 1.85. The summed E-state index contributed by atoms with van der Waals surface area (Å²) in [5.74, 6) is -0.707. The molecule has 0 spiro atoms. The number of nitrogens with two attached hydrogens (primary N) is 1. The van der Waals surface area contributed by atoms with Crippen LogP contribution in [0, 0.1) is 6.08 Å². The first-order chi connectivity index (χ1) is 4.20. The minimum absolute atomic E-state index is 0.109. The number of allylic oxidation sites excluding steroid dienone is 3. The summed E-state index contributed by atoms with van der Waals surface area (Å²) in [6, 6.07) is 0. The third kappa shape index (κ3) is 1.05. The first kappa shape index (κ1) is 5.75.